The van der Waals surface area contributed by atoms with E-state index in [4.69, 9.17) is 32.7 Å². The van der Waals surface area contributed by atoms with E-state index in [1.165, 1.54) is 19.2 Å². The molecule has 1 amide bonds. The topological polar surface area (TPSA) is 106 Å². The lowest BCUT2D eigenvalue weighted by Gasteiger charge is -2.23. The van der Waals surface area contributed by atoms with E-state index in [9.17, 15) is 19.5 Å². The van der Waals surface area contributed by atoms with Crippen LogP contribution in [0.25, 0.3) is 5.76 Å². The number of nitrogens with zero attached hydrogens (tertiary/aromatic N) is 2. The third-order valence-corrected chi connectivity index (χ3v) is 7.70. The molecule has 0 unspecified atom stereocenters. The number of Topliss-reactive ketones (excluding diaryl/α,β-unsaturated/α-hetero) is 1. The van der Waals surface area contributed by atoms with Crippen LogP contribution in [0.2, 0.25) is 10.0 Å². The summed E-state index contributed by atoms with van der Waals surface area (Å²) in [6.45, 7) is 5.25. The number of aliphatic hydroxyl groups is 1. The normalized spacial score (nSPS) is 16.8. The highest BCUT2D eigenvalue weighted by atomic mass is 35.5. The molecule has 8 nitrogen and oxygen atoms in total. The molecule has 0 radical (unpaired) electrons. The summed E-state index contributed by atoms with van der Waals surface area (Å²) in [4.78, 5) is 44.9. The molecule has 1 aromatic heterocycles. The average Bonchev–Trinajstić information content (AvgIpc) is 3.37. The van der Waals surface area contributed by atoms with Gasteiger partial charge in [0.2, 0.25) is 0 Å². The number of carbonyl (C=O) groups excluding carboxylic acids is 3. The first kappa shape index (κ1) is 26.7. The lowest BCUT2D eigenvalue weighted by atomic mass is 9.95. The van der Waals surface area contributed by atoms with Gasteiger partial charge in [-0.3, -0.25) is 14.5 Å². The molecule has 0 spiro atoms. The van der Waals surface area contributed by atoms with Crippen LogP contribution in [0.3, 0.4) is 0 Å². The number of halogens is 2. The number of ether oxygens (including phenoxy) is 2. The number of rotatable bonds is 6. The van der Waals surface area contributed by atoms with Gasteiger partial charge in [-0.2, -0.15) is 0 Å². The Morgan fingerprint density at radius 3 is 2.49 bits per heavy atom. The van der Waals surface area contributed by atoms with E-state index in [1.807, 2.05) is 0 Å². The van der Waals surface area contributed by atoms with Crippen LogP contribution >= 0.6 is 34.5 Å². The number of aryl methyl sites for hydroxylation is 2. The highest BCUT2D eigenvalue weighted by Crippen LogP contribution is 2.45. The second-order valence-corrected chi connectivity index (χ2v) is 9.95. The van der Waals surface area contributed by atoms with Crippen LogP contribution in [0.5, 0.6) is 5.75 Å². The molecule has 1 fully saturated rings. The summed E-state index contributed by atoms with van der Waals surface area (Å²) in [5.74, 6) is -2.18. The number of hydrogen-bond donors (Lipinski definition) is 1. The minimum atomic E-state index is -1.09. The number of hydrogen-bond acceptors (Lipinski definition) is 8. The van der Waals surface area contributed by atoms with Crippen molar-refractivity contribution in [2.45, 2.75) is 26.8 Å². The van der Waals surface area contributed by atoms with E-state index in [-0.39, 0.29) is 38.0 Å². The molecule has 1 saturated heterocycles. The number of amides is 1. The Morgan fingerprint density at radius 1 is 1.14 bits per heavy atom. The van der Waals surface area contributed by atoms with Crippen LogP contribution in [0.1, 0.15) is 45.0 Å². The number of ketones is 1. The predicted octanol–water partition coefficient (Wildman–Crippen LogP) is 5.88. The molecule has 0 bridgehead atoms. The van der Waals surface area contributed by atoms with Crippen LogP contribution in [-0.4, -0.2) is 41.5 Å². The number of methoxy groups -OCH3 is 1. The van der Waals surface area contributed by atoms with Crippen LogP contribution in [-0.2, 0) is 14.3 Å². The Kier molecular flexibility index (Phi) is 7.59. The summed E-state index contributed by atoms with van der Waals surface area (Å²) in [6, 6.07) is 8.48. The highest BCUT2D eigenvalue weighted by Gasteiger charge is 2.48. The molecule has 192 valence electrons. The summed E-state index contributed by atoms with van der Waals surface area (Å²) in [6.07, 6.45) is 0. The molecule has 3 aromatic rings. The minimum Gasteiger partial charge on any atom is -0.507 e. The molecule has 11 heteroatoms. The van der Waals surface area contributed by atoms with Gasteiger partial charge in [0.15, 0.2) is 5.13 Å². The number of esters is 1. The number of thiazole rings is 1. The Bertz CT molecular complexity index is 1470. The SMILES string of the molecule is CCOC(=O)c1sc(N2C(=O)C(=O)/C(=C(/O)c3ccc(OC)c(C)c3)[C@@H]2c2ccc(Cl)c(Cl)c2)nc1C. The third kappa shape index (κ3) is 4.82. The van der Waals surface area contributed by atoms with E-state index in [1.54, 1.807) is 45.0 Å². The number of aliphatic hydroxyl groups excluding tert-OH is 1. The third-order valence-electron chi connectivity index (χ3n) is 5.82. The number of aromatic nitrogens is 1. The predicted molar refractivity (Wildman–Crippen MR) is 142 cm³/mol. The summed E-state index contributed by atoms with van der Waals surface area (Å²) < 4.78 is 10.4. The molecule has 2 aromatic carbocycles. The molecule has 1 atom stereocenters. The largest absolute Gasteiger partial charge is 0.507 e. The summed E-state index contributed by atoms with van der Waals surface area (Å²) in [7, 11) is 1.53. The maximum absolute atomic E-state index is 13.4. The molecule has 1 aliphatic rings. The van der Waals surface area contributed by atoms with Gasteiger partial charge < -0.3 is 14.6 Å². The van der Waals surface area contributed by atoms with Gasteiger partial charge in [0, 0.05) is 5.56 Å². The van der Waals surface area contributed by atoms with Gasteiger partial charge in [-0.25, -0.2) is 9.78 Å². The molecular formula is C26H22Cl2N2O6S. The molecule has 2 heterocycles. The Hall–Kier alpha value is -3.40. The van der Waals surface area contributed by atoms with Crippen molar-refractivity contribution in [2.24, 2.45) is 0 Å². The second-order valence-electron chi connectivity index (χ2n) is 8.16. The fourth-order valence-corrected chi connectivity index (χ4v) is 5.37. The van der Waals surface area contributed by atoms with E-state index in [0.717, 1.165) is 21.8 Å². The maximum atomic E-state index is 13.4. The summed E-state index contributed by atoms with van der Waals surface area (Å²) in [5.41, 5.74) is 1.66. The van der Waals surface area contributed by atoms with Gasteiger partial charge in [0.25, 0.3) is 5.78 Å². The molecule has 1 aliphatic heterocycles. The van der Waals surface area contributed by atoms with Crippen molar-refractivity contribution < 1.29 is 29.0 Å². The zero-order valence-electron chi connectivity index (χ0n) is 20.3. The van der Waals surface area contributed by atoms with E-state index in [0.29, 0.717) is 22.6 Å². The van der Waals surface area contributed by atoms with Crippen molar-refractivity contribution in [3.05, 3.63) is 79.3 Å². The van der Waals surface area contributed by atoms with Crippen LogP contribution in [0.15, 0.2) is 42.0 Å². The summed E-state index contributed by atoms with van der Waals surface area (Å²) in [5, 5.41) is 11.9. The smallest absolute Gasteiger partial charge is 0.350 e. The first-order chi connectivity index (χ1) is 17.6. The molecule has 37 heavy (non-hydrogen) atoms. The van der Waals surface area contributed by atoms with Gasteiger partial charge in [-0.1, -0.05) is 40.6 Å². The van der Waals surface area contributed by atoms with Gasteiger partial charge in [0.1, 0.15) is 16.4 Å². The fourth-order valence-electron chi connectivity index (χ4n) is 4.08. The monoisotopic (exact) mass is 560 g/mol. The van der Waals surface area contributed by atoms with Crippen molar-refractivity contribution in [2.75, 3.05) is 18.6 Å². The van der Waals surface area contributed by atoms with Crippen LogP contribution in [0.4, 0.5) is 5.13 Å². The Balaban J connectivity index is 1.93. The van der Waals surface area contributed by atoms with Gasteiger partial charge >= 0.3 is 11.9 Å². The van der Waals surface area contributed by atoms with Crippen LogP contribution < -0.4 is 9.64 Å². The van der Waals surface area contributed by atoms with Crippen molar-refractivity contribution in [1.29, 1.82) is 0 Å². The standard InChI is InChI=1S/C26H22Cl2N2O6S/c1-5-36-25(34)23-13(3)29-26(37-23)30-20(14-6-8-16(27)17(28)11-14)19(22(32)24(30)33)21(31)15-7-9-18(35-4)12(2)10-15/h6-11,20,31H,5H2,1-4H3/b21-19+/t20-/m0/s1. The first-order valence-corrected chi connectivity index (χ1v) is 12.7. The lowest BCUT2D eigenvalue weighted by Crippen LogP contribution is -2.29. The molecule has 0 saturated carbocycles. The Labute approximate surface area is 227 Å². The average molecular weight is 561 g/mol. The van der Waals surface area contributed by atoms with E-state index >= 15 is 0 Å². The van der Waals surface area contributed by atoms with E-state index in [2.05, 4.69) is 4.98 Å². The van der Waals surface area contributed by atoms with Gasteiger partial charge in [-0.15, -0.1) is 0 Å². The second kappa shape index (κ2) is 10.5. The highest BCUT2D eigenvalue weighted by molar-refractivity contribution is 7.17. The Morgan fingerprint density at radius 2 is 1.86 bits per heavy atom. The molecule has 0 aliphatic carbocycles. The van der Waals surface area contributed by atoms with Crippen molar-refractivity contribution in [3.63, 3.8) is 0 Å². The van der Waals surface area contributed by atoms with Gasteiger partial charge in [0.05, 0.1) is 41.1 Å². The molecule has 4 rings (SSSR count). The van der Waals surface area contributed by atoms with Gasteiger partial charge in [-0.05, 0) is 62.2 Å². The molecule has 1 N–H and O–H groups in total. The first-order valence-electron chi connectivity index (χ1n) is 11.1. The number of anilines is 1. The lowest BCUT2D eigenvalue weighted by molar-refractivity contribution is -0.132. The fraction of sp³-hybridized carbons (Fsp3) is 0.231. The van der Waals surface area contributed by atoms with Crippen LogP contribution in [0, 0.1) is 13.8 Å². The number of carbonyl (C=O) groups is 3. The van der Waals surface area contributed by atoms with E-state index < -0.39 is 23.7 Å². The zero-order valence-corrected chi connectivity index (χ0v) is 22.6. The quantitative estimate of drug-likeness (QED) is 0.173. The minimum absolute atomic E-state index is 0.101. The van der Waals surface area contributed by atoms with Crippen molar-refractivity contribution >= 4 is 63.1 Å². The zero-order chi connectivity index (χ0) is 27.0. The number of benzene rings is 2. The maximum Gasteiger partial charge on any atom is 0.350 e. The van der Waals surface area contributed by atoms with Crippen molar-refractivity contribution in [1.82, 2.24) is 4.98 Å². The summed E-state index contributed by atoms with van der Waals surface area (Å²) >= 11 is 13.3. The molecular weight excluding hydrogens is 539 g/mol. The van der Waals surface area contributed by atoms with Crippen molar-refractivity contribution in [3.8, 4) is 5.75 Å².